The molecular formula is C18H14O2. The first kappa shape index (κ1) is 12.3. The topological polar surface area (TPSA) is 29.5 Å². The van der Waals surface area contributed by atoms with Crippen LogP contribution in [0.4, 0.5) is 0 Å². The first-order valence-electron chi connectivity index (χ1n) is 6.44. The number of aromatic hydroxyl groups is 1. The second kappa shape index (κ2) is 5.49. The molecule has 3 aromatic carbocycles. The maximum Gasteiger partial charge on any atom is 0.127 e. The van der Waals surface area contributed by atoms with E-state index in [0.29, 0.717) is 0 Å². The summed E-state index contributed by atoms with van der Waals surface area (Å²) in [6, 6.07) is 24.6. The van der Waals surface area contributed by atoms with E-state index in [-0.39, 0.29) is 5.75 Å². The molecule has 0 unspecified atom stereocenters. The number of rotatable bonds is 3. The van der Waals surface area contributed by atoms with Gasteiger partial charge in [0.2, 0.25) is 0 Å². The number of phenols is 1. The van der Waals surface area contributed by atoms with E-state index in [1.165, 1.54) is 0 Å². The molecule has 2 nitrogen and oxygen atoms in total. The fourth-order valence-electron chi connectivity index (χ4n) is 2.04. The lowest BCUT2D eigenvalue weighted by Gasteiger charge is -2.07. The van der Waals surface area contributed by atoms with E-state index in [9.17, 15) is 5.11 Å². The second-order valence-corrected chi connectivity index (χ2v) is 4.46. The number of hydrogen-bond acceptors (Lipinski definition) is 2. The largest absolute Gasteiger partial charge is 0.507 e. The molecule has 0 saturated heterocycles. The van der Waals surface area contributed by atoms with Crippen LogP contribution in [0.25, 0.3) is 11.1 Å². The summed E-state index contributed by atoms with van der Waals surface area (Å²) in [6.45, 7) is 0. The van der Waals surface area contributed by atoms with Gasteiger partial charge in [0.15, 0.2) is 0 Å². The van der Waals surface area contributed by atoms with E-state index in [0.717, 1.165) is 22.6 Å². The molecule has 0 aliphatic heterocycles. The van der Waals surface area contributed by atoms with E-state index in [1.807, 2.05) is 72.8 Å². The van der Waals surface area contributed by atoms with Crippen LogP contribution < -0.4 is 4.74 Å². The van der Waals surface area contributed by atoms with Crippen molar-refractivity contribution in [2.75, 3.05) is 0 Å². The fourth-order valence-corrected chi connectivity index (χ4v) is 2.04. The van der Waals surface area contributed by atoms with Crippen molar-refractivity contribution in [1.82, 2.24) is 0 Å². The molecule has 3 rings (SSSR count). The fraction of sp³-hybridized carbons (Fsp3) is 0. The van der Waals surface area contributed by atoms with Crippen molar-refractivity contribution in [3.05, 3.63) is 78.9 Å². The minimum absolute atomic E-state index is 0.282. The number of phenolic OH excluding ortho intramolecular Hbond substituents is 1. The minimum Gasteiger partial charge on any atom is -0.507 e. The molecule has 1 N–H and O–H groups in total. The molecule has 0 amide bonds. The Balaban J connectivity index is 1.83. The zero-order valence-corrected chi connectivity index (χ0v) is 10.9. The van der Waals surface area contributed by atoms with Crippen molar-refractivity contribution in [1.29, 1.82) is 0 Å². The first-order chi connectivity index (χ1) is 9.83. The highest BCUT2D eigenvalue weighted by molar-refractivity contribution is 5.70. The third-order valence-electron chi connectivity index (χ3n) is 3.05. The van der Waals surface area contributed by atoms with Crippen LogP contribution in [0.2, 0.25) is 0 Å². The zero-order chi connectivity index (χ0) is 13.8. The van der Waals surface area contributed by atoms with Gasteiger partial charge in [0.05, 0.1) is 0 Å². The van der Waals surface area contributed by atoms with Gasteiger partial charge in [0.25, 0.3) is 0 Å². The Kier molecular flexibility index (Phi) is 3.38. The molecule has 0 radical (unpaired) electrons. The average Bonchev–Trinajstić information content (AvgIpc) is 2.50. The monoisotopic (exact) mass is 262 g/mol. The summed E-state index contributed by atoms with van der Waals surface area (Å²) < 4.78 is 5.74. The van der Waals surface area contributed by atoms with Crippen molar-refractivity contribution >= 4 is 0 Å². The third-order valence-corrected chi connectivity index (χ3v) is 3.05. The van der Waals surface area contributed by atoms with Crippen molar-refractivity contribution in [3.63, 3.8) is 0 Å². The molecule has 0 heterocycles. The highest BCUT2D eigenvalue weighted by Crippen LogP contribution is 2.30. The van der Waals surface area contributed by atoms with Crippen molar-refractivity contribution < 1.29 is 9.84 Å². The van der Waals surface area contributed by atoms with Gasteiger partial charge >= 0.3 is 0 Å². The lowest BCUT2D eigenvalue weighted by Crippen LogP contribution is -1.84. The molecule has 20 heavy (non-hydrogen) atoms. The molecule has 3 aromatic rings. The van der Waals surface area contributed by atoms with Gasteiger partial charge in [-0.2, -0.15) is 0 Å². The summed E-state index contributed by atoms with van der Waals surface area (Å²) in [7, 11) is 0. The minimum atomic E-state index is 0.282. The van der Waals surface area contributed by atoms with Gasteiger partial charge in [0, 0.05) is 5.56 Å². The highest BCUT2D eigenvalue weighted by atomic mass is 16.5. The standard InChI is InChI=1S/C18H14O2/c19-18-9-5-4-8-17(18)14-10-12-16(13-11-14)20-15-6-2-1-3-7-15/h1-13,19H. The van der Waals surface area contributed by atoms with Gasteiger partial charge in [0.1, 0.15) is 17.2 Å². The molecule has 2 heteroatoms. The van der Waals surface area contributed by atoms with Gasteiger partial charge in [-0.25, -0.2) is 0 Å². The van der Waals surface area contributed by atoms with Crippen LogP contribution in [0, 0.1) is 0 Å². The number of para-hydroxylation sites is 2. The van der Waals surface area contributed by atoms with Crippen LogP contribution >= 0.6 is 0 Å². The van der Waals surface area contributed by atoms with Gasteiger partial charge in [-0.05, 0) is 35.9 Å². The molecule has 0 fully saturated rings. The number of hydrogen-bond donors (Lipinski definition) is 1. The van der Waals surface area contributed by atoms with Crippen molar-refractivity contribution in [2.24, 2.45) is 0 Å². The molecule has 0 spiro atoms. The van der Waals surface area contributed by atoms with E-state index < -0.39 is 0 Å². The Morgan fingerprint density at radius 3 is 1.90 bits per heavy atom. The summed E-state index contributed by atoms with van der Waals surface area (Å²) in [5, 5.41) is 9.84. The Hall–Kier alpha value is -2.74. The highest BCUT2D eigenvalue weighted by Gasteiger charge is 2.03. The number of benzene rings is 3. The molecular weight excluding hydrogens is 248 g/mol. The average molecular weight is 262 g/mol. The molecule has 0 bridgehead atoms. The summed E-state index contributed by atoms with van der Waals surface area (Å²) in [6.07, 6.45) is 0. The smallest absolute Gasteiger partial charge is 0.127 e. The van der Waals surface area contributed by atoms with Crippen molar-refractivity contribution in [3.8, 4) is 28.4 Å². The first-order valence-corrected chi connectivity index (χ1v) is 6.44. The van der Waals surface area contributed by atoms with Gasteiger partial charge in [-0.15, -0.1) is 0 Å². The van der Waals surface area contributed by atoms with Crippen LogP contribution in [0.5, 0.6) is 17.2 Å². The molecule has 0 saturated carbocycles. The molecule has 0 atom stereocenters. The predicted molar refractivity (Wildman–Crippen MR) is 80.1 cm³/mol. The van der Waals surface area contributed by atoms with E-state index in [4.69, 9.17) is 4.74 Å². The van der Waals surface area contributed by atoms with Gasteiger partial charge in [-0.3, -0.25) is 0 Å². The summed E-state index contributed by atoms with van der Waals surface area (Å²) >= 11 is 0. The van der Waals surface area contributed by atoms with Crippen LogP contribution in [-0.4, -0.2) is 5.11 Å². The molecule has 0 aliphatic rings. The van der Waals surface area contributed by atoms with Crippen LogP contribution in [0.1, 0.15) is 0 Å². The van der Waals surface area contributed by atoms with Crippen LogP contribution in [-0.2, 0) is 0 Å². The lowest BCUT2D eigenvalue weighted by molar-refractivity contribution is 0.477. The Labute approximate surface area is 117 Å². The molecule has 0 aliphatic carbocycles. The second-order valence-electron chi connectivity index (χ2n) is 4.46. The summed E-state index contributed by atoms with van der Waals surface area (Å²) in [5.74, 6) is 1.86. The van der Waals surface area contributed by atoms with E-state index in [1.54, 1.807) is 6.07 Å². The number of ether oxygens (including phenoxy) is 1. The Morgan fingerprint density at radius 2 is 1.20 bits per heavy atom. The van der Waals surface area contributed by atoms with Crippen molar-refractivity contribution in [2.45, 2.75) is 0 Å². The summed E-state index contributed by atoms with van der Waals surface area (Å²) in [4.78, 5) is 0. The lowest BCUT2D eigenvalue weighted by atomic mass is 10.0. The maximum atomic E-state index is 9.84. The van der Waals surface area contributed by atoms with Crippen LogP contribution in [0.15, 0.2) is 78.9 Å². The predicted octanol–water partition coefficient (Wildman–Crippen LogP) is 4.85. The summed E-state index contributed by atoms with van der Waals surface area (Å²) in [5.41, 5.74) is 1.78. The van der Waals surface area contributed by atoms with Gasteiger partial charge in [-0.1, -0.05) is 48.5 Å². The zero-order valence-electron chi connectivity index (χ0n) is 10.9. The maximum absolute atomic E-state index is 9.84. The molecule has 0 aromatic heterocycles. The quantitative estimate of drug-likeness (QED) is 0.731. The SMILES string of the molecule is Oc1ccccc1-c1ccc(Oc2ccccc2)cc1. The normalized spacial score (nSPS) is 10.2. The van der Waals surface area contributed by atoms with E-state index >= 15 is 0 Å². The van der Waals surface area contributed by atoms with Gasteiger partial charge < -0.3 is 9.84 Å². The van der Waals surface area contributed by atoms with E-state index in [2.05, 4.69) is 0 Å². The Morgan fingerprint density at radius 1 is 0.600 bits per heavy atom. The van der Waals surface area contributed by atoms with Crippen LogP contribution in [0.3, 0.4) is 0 Å². The molecule has 98 valence electrons. The third kappa shape index (κ3) is 2.64. The Bertz CT molecular complexity index is 688.